The lowest BCUT2D eigenvalue weighted by Crippen LogP contribution is -2.02. The van der Waals surface area contributed by atoms with E-state index >= 15 is 0 Å². The molecule has 0 aliphatic carbocycles. The molecule has 0 aromatic heterocycles. The monoisotopic (exact) mass is 442 g/mol. The van der Waals surface area contributed by atoms with Crippen molar-refractivity contribution in [3.8, 4) is 0 Å². The summed E-state index contributed by atoms with van der Waals surface area (Å²) in [6, 6.07) is 10.9. The number of benzene rings is 1. The van der Waals surface area contributed by atoms with Crippen molar-refractivity contribution in [3.63, 3.8) is 0 Å². The third kappa shape index (κ3) is 17.9. The molecule has 0 spiro atoms. The smallest absolute Gasteiger partial charge is 0.264 e. The summed E-state index contributed by atoms with van der Waals surface area (Å²) in [5.74, 6) is 0. The molecule has 1 aromatic rings. The van der Waals surface area contributed by atoms with E-state index in [1.165, 1.54) is 56.9 Å². The van der Waals surface area contributed by atoms with E-state index in [4.69, 9.17) is 17.5 Å². The molecule has 0 saturated carbocycles. The number of unbranched alkanes of at least 4 members (excludes halogenated alkanes) is 5. The van der Waals surface area contributed by atoms with E-state index in [-0.39, 0.29) is 0 Å². The third-order valence-corrected chi connectivity index (χ3v) is 4.23. The Morgan fingerprint density at radius 2 is 1.50 bits per heavy atom. The van der Waals surface area contributed by atoms with Crippen LogP contribution in [-0.2, 0) is 16.8 Å². The molecule has 1 unspecified atom stereocenters. The lowest BCUT2D eigenvalue weighted by atomic mass is 10.0. The Balaban J connectivity index is 0.000000763. The largest absolute Gasteiger partial charge is 0.394 e. The van der Waals surface area contributed by atoms with Crippen molar-refractivity contribution in [1.82, 2.24) is 0 Å². The number of halogens is 1. The van der Waals surface area contributed by atoms with Crippen LogP contribution in [0.3, 0.4) is 0 Å². The summed E-state index contributed by atoms with van der Waals surface area (Å²) < 4.78 is 32.4. The highest BCUT2D eigenvalue weighted by atomic mass is 127. The summed E-state index contributed by atoms with van der Waals surface area (Å²) in [6.07, 6.45) is 11.1. The van der Waals surface area contributed by atoms with Crippen LogP contribution in [0.4, 0.5) is 0 Å². The molecule has 6 heteroatoms. The first-order valence-electron chi connectivity index (χ1n) is 7.70. The van der Waals surface area contributed by atoms with Gasteiger partial charge in [0.25, 0.3) is 0 Å². The normalized spacial score (nSPS) is 12.4. The number of hydrogen-bond donors (Lipinski definition) is 2. The van der Waals surface area contributed by atoms with Gasteiger partial charge in [-0.2, -0.15) is 8.42 Å². The first kappa shape index (κ1) is 21.8. The molecule has 22 heavy (non-hydrogen) atoms. The Kier molecular flexibility index (Phi) is 13.2. The molecule has 0 radical (unpaired) electrons. The van der Waals surface area contributed by atoms with Gasteiger partial charge in [0.2, 0.25) is 0 Å². The van der Waals surface area contributed by atoms with Gasteiger partial charge in [-0.15, -0.1) is 0 Å². The molecule has 0 aliphatic heterocycles. The zero-order valence-corrected chi connectivity index (χ0v) is 16.1. The molecule has 0 bridgehead atoms. The van der Waals surface area contributed by atoms with Gasteiger partial charge < -0.3 is 0 Å². The van der Waals surface area contributed by atoms with Crippen LogP contribution >= 0.6 is 22.6 Å². The van der Waals surface area contributed by atoms with Crippen LogP contribution in [-0.4, -0.2) is 21.4 Å². The Labute approximate surface area is 148 Å². The van der Waals surface area contributed by atoms with Crippen molar-refractivity contribution in [2.24, 2.45) is 0 Å². The molecule has 1 aromatic carbocycles. The maximum atomic E-state index is 8.74. The molecule has 0 saturated heterocycles. The van der Waals surface area contributed by atoms with Gasteiger partial charge in [-0.3, -0.25) is 9.11 Å². The van der Waals surface area contributed by atoms with Crippen molar-refractivity contribution < 1.29 is 17.5 Å². The van der Waals surface area contributed by atoms with Crippen LogP contribution in [0.2, 0.25) is 0 Å². The first-order valence-corrected chi connectivity index (χ1v) is 10.3. The summed E-state index contributed by atoms with van der Waals surface area (Å²) >= 11 is 2.61. The fraction of sp³-hybridized carbons (Fsp3) is 0.625. The van der Waals surface area contributed by atoms with Crippen LogP contribution in [0.1, 0.15) is 57.4 Å². The van der Waals surface area contributed by atoms with E-state index in [0.29, 0.717) is 0 Å². The minimum absolute atomic E-state index is 0.807. The average molecular weight is 442 g/mol. The minimum atomic E-state index is -4.67. The molecule has 0 fully saturated rings. The molecule has 0 amide bonds. The highest BCUT2D eigenvalue weighted by Crippen LogP contribution is 2.17. The van der Waals surface area contributed by atoms with Crippen LogP contribution in [0.15, 0.2) is 30.3 Å². The predicted octanol–water partition coefficient (Wildman–Crippen LogP) is 5.13. The second kappa shape index (κ2) is 13.3. The first-order chi connectivity index (χ1) is 10.3. The number of alkyl halides is 1. The molecule has 0 aliphatic rings. The highest BCUT2D eigenvalue weighted by Gasteiger charge is 2.04. The van der Waals surface area contributed by atoms with Crippen molar-refractivity contribution in [2.45, 2.75) is 62.2 Å². The molecule has 4 nitrogen and oxygen atoms in total. The van der Waals surface area contributed by atoms with Gasteiger partial charge in [0.1, 0.15) is 0 Å². The van der Waals surface area contributed by atoms with Gasteiger partial charge in [0.05, 0.1) is 0 Å². The standard InChI is InChI=1S/C16H25I.H2O4S/c1-2-3-4-5-6-10-13-16(17)14-15-11-8-7-9-12-15;1-5(2,3)4/h7-9,11-12,16H,2-6,10,13-14H2,1H3;(H2,1,2,3,4). The summed E-state index contributed by atoms with van der Waals surface area (Å²) in [7, 11) is -4.67. The minimum Gasteiger partial charge on any atom is -0.264 e. The second-order valence-corrected chi connectivity index (χ2v) is 7.95. The molecule has 2 N–H and O–H groups in total. The van der Waals surface area contributed by atoms with Crippen molar-refractivity contribution >= 4 is 33.0 Å². The van der Waals surface area contributed by atoms with E-state index in [9.17, 15) is 0 Å². The molecule has 128 valence electrons. The fourth-order valence-corrected chi connectivity index (χ4v) is 3.07. The lowest BCUT2D eigenvalue weighted by Gasteiger charge is -2.09. The van der Waals surface area contributed by atoms with Crippen molar-refractivity contribution in [2.75, 3.05) is 0 Å². The Bertz CT molecular complexity index is 454. The number of rotatable bonds is 9. The Morgan fingerprint density at radius 1 is 1.00 bits per heavy atom. The maximum absolute atomic E-state index is 8.74. The van der Waals surface area contributed by atoms with E-state index < -0.39 is 10.4 Å². The zero-order valence-electron chi connectivity index (χ0n) is 13.1. The summed E-state index contributed by atoms with van der Waals surface area (Å²) in [5, 5.41) is 0. The van der Waals surface area contributed by atoms with Crippen LogP contribution in [0, 0.1) is 0 Å². The fourth-order valence-electron chi connectivity index (χ4n) is 2.12. The molecule has 1 rings (SSSR count). The van der Waals surface area contributed by atoms with Gasteiger partial charge >= 0.3 is 10.4 Å². The quantitative estimate of drug-likeness (QED) is 0.241. The van der Waals surface area contributed by atoms with Gasteiger partial charge in [-0.1, -0.05) is 98.4 Å². The van der Waals surface area contributed by atoms with Gasteiger partial charge in [-0.05, 0) is 18.4 Å². The van der Waals surface area contributed by atoms with Gasteiger partial charge in [0, 0.05) is 3.92 Å². The molecule has 1 atom stereocenters. The van der Waals surface area contributed by atoms with Crippen LogP contribution in [0.5, 0.6) is 0 Å². The summed E-state index contributed by atoms with van der Waals surface area (Å²) in [4.78, 5) is 0. The van der Waals surface area contributed by atoms with E-state index in [2.05, 4.69) is 59.8 Å². The van der Waals surface area contributed by atoms with Crippen LogP contribution < -0.4 is 0 Å². The Hall–Kier alpha value is -0.180. The topological polar surface area (TPSA) is 74.6 Å². The van der Waals surface area contributed by atoms with Crippen molar-refractivity contribution in [1.29, 1.82) is 0 Å². The highest BCUT2D eigenvalue weighted by molar-refractivity contribution is 14.1. The SMILES string of the molecule is CCCCCCCCC(I)Cc1ccccc1.O=S(=O)(O)O. The maximum Gasteiger partial charge on any atom is 0.394 e. The molecular weight excluding hydrogens is 415 g/mol. The van der Waals surface area contributed by atoms with Crippen molar-refractivity contribution in [3.05, 3.63) is 35.9 Å². The average Bonchev–Trinajstić information content (AvgIpc) is 2.42. The second-order valence-electron chi connectivity index (χ2n) is 5.29. The summed E-state index contributed by atoms with van der Waals surface area (Å²) in [5.41, 5.74) is 1.48. The summed E-state index contributed by atoms with van der Waals surface area (Å²) in [6.45, 7) is 2.28. The van der Waals surface area contributed by atoms with E-state index in [1.807, 2.05) is 0 Å². The zero-order chi connectivity index (χ0) is 16.8. The Morgan fingerprint density at radius 3 is 2.05 bits per heavy atom. The van der Waals surface area contributed by atoms with Gasteiger partial charge in [0.15, 0.2) is 0 Å². The molecular formula is C16H27IO4S. The van der Waals surface area contributed by atoms with Gasteiger partial charge in [-0.25, -0.2) is 0 Å². The third-order valence-electron chi connectivity index (χ3n) is 3.17. The number of hydrogen-bond acceptors (Lipinski definition) is 2. The van der Waals surface area contributed by atoms with E-state index in [1.54, 1.807) is 0 Å². The van der Waals surface area contributed by atoms with Crippen LogP contribution in [0.25, 0.3) is 0 Å². The predicted molar refractivity (Wildman–Crippen MR) is 100 cm³/mol. The molecule has 0 heterocycles. The van der Waals surface area contributed by atoms with E-state index in [0.717, 1.165) is 3.92 Å². The lowest BCUT2D eigenvalue weighted by molar-refractivity contribution is 0.381.